The van der Waals surface area contributed by atoms with Gasteiger partial charge in [0.25, 0.3) is 0 Å². The zero-order valence-corrected chi connectivity index (χ0v) is 23.4. The first-order valence-corrected chi connectivity index (χ1v) is 13.6. The van der Waals surface area contributed by atoms with Gasteiger partial charge >= 0.3 is 6.03 Å². The van der Waals surface area contributed by atoms with Crippen molar-refractivity contribution in [3.63, 3.8) is 0 Å². The van der Waals surface area contributed by atoms with E-state index in [1.165, 1.54) is 0 Å². The Labute approximate surface area is 231 Å². The molecule has 0 aromatic heterocycles. The predicted molar refractivity (Wildman–Crippen MR) is 156 cm³/mol. The number of likely N-dealkylation sites (N-methyl/N-ethyl adjacent to an activating group) is 1. The molecule has 7 nitrogen and oxygen atoms in total. The summed E-state index contributed by atoms with van der Waals surface area (Å²) in [4.78, 5) is 30.0. The van der Waals surface area contributed by atoms with Crippen LogP contribution >= 0.6 is 0 Å². The largest absolute Gasteiger partial charge is 0.457 e. The van der Waals surface area contributed by atoms with Gasteiger partial charge in [0.2, 0.25) is 5.91 Å². The highest BCUT2D eigenvalue weighted by molar-refractivity contribution is 5.99. The fourth-order valence-electron chi connectivity index (χ4n) is 5.77. The number of ether oxygens (including phenoxy) is 1. The summed E-state index contributed by atoms with van der Waals surface area (Å²) in [5.41, 5.74) is 2.56. The maximum absolute atomic E-state index is 13.2. The van der Waals surface area contributed by atoms with E-state index in [0.29, 0.717) is 17.1 Å². The number of rotatable bonds is 7. The van der Waals surface area contributed by atoms with Crippen molar-refractivity contribution >= 4 is 29.0 Å². The summed E-state index contributed by atoms with van der Waals surface area (Å²) in [5.74, 6) is 1.81. The van der Waals surface area contributed by atoms with E-state index in [4.69, 9.17) is 4.74 Å². The van der Waals surface area contributed by atoms with E-state index in [-0.39, 0.29) is 34.7 Å². The van der Waals surface area contributed by atoms with Crippen LogP contribution in [0.5, 0.6) is 11.5 Å². The van der Waals surface area contributed by atoms with E-state index in [0.717, 1.165) is 30.9 Å². The Kier molecular flexibility index (Phi) is 7.02. The first kappa shape index (κ1) is 26.6. The van der Waals surface area contributed by atoms with Crippen LogP contribution in [0.1, 0.15) is 34.1 Å². The van der Waals surface area contributed by atoms with Gasteiger partial charge < -0.3 is 25.2 Å². The lowest BCUT2D eigenvalue weighted by molar-refractivity contribution is -0.134. The molecular formula is C32H38N4O3. The van der Waals surface area contributed by atoms with Crippen LogP contribution in [-0.2, 0) is 4.79 Å². The van der Waals surface area contributed by atoms with Crippen LogP contribution in [0, 0.1) is 16.7 Å². The number of para-hydroxylation sites is 1. The Morgan fingerprint density at radius 3 is 1.92 bits per heavy atom. The van der Waals surface area contributed by atoms with Crippen LogP contribution in [-0.4, -0.2) is 43.0 Å². The summed E-state index contributed by atoms with van der Waals surface area (Å²) in [6.45, 7) is 10.5. The summed E-state index contributed by atoms with van der Waals surface area (Å²) in [6, 6.07) is 24.5. The van der Waals surface area contributed by atoms with Crippen LogP contribution in [0.3, 0.4) is 0 Å². The Morgan fingerprint density at radius 1 is 0.821 bits per heavy atom. The topological polar surface area (TPSA) is 73.9 Å². The third-order valence-electron chi connectivity index (χ3n) is 8.91. The highest BCUT2D eigenvalue weighted by Crippen LogP contribution is 2.68. The van der Waals surface area contributed by atoms with E-state index < -0.39 is 0 Å². The van der Waals surface area contributed by atoms with Crippen molar-refractivity contribution in [1.29, 1.82) is 0 Å². The Morgan fingerprint density at radius 2 is 1.36 bits per heavy atom. The van der Waals surface area contributed by atoms with Crippen LogP contribution in [0.25, 0.3) is 0 Å². The number of urea groups is 1. The number of carbonyl (C=O) groups excluding carboxylic acids is 2. The predicted octanol–water partition coefficient (Wildman–Crippen LogP) is 6.84. The van der Waals surface area contributed by atoms with Gasteiger partial charge in [-0.25, -0.2) is 4.79 Å². The molecule has 5 rings (SSSR count). The molecular weight excluding hydrogens is 488 g/mol. The summed E-state index contributed by atoms with van der Waals surface area (Å²) in [7, 11) is 1.95. The average Bonchev–Trinajstić information content (AvgIpc) is 3.22. The fraction of sp³-hybridized carbons (Fsp3) is 0.375. The maximum Gasteiger partial charge on any atom is 0.323 e. The molecule has 0 radical (unpaired) electrons. The quantitative estimate of drug-likeness (QED) is 0.353. The Balaban J connectivity index is 1.11. The summed E-state index contributed by atoms with van der Waals surface area (Å²) >= 11 is 0. The molecule has 2 N–H and O–H groups in total. The number of nitrogens with zero attached hydrogens (tertiary/aromatic N) is 2. The Hall–Kier alpha value is -4.00. The van der Waals surface area contributed by atoms with Crippen molar-refractivity contribution in [2.45, 2.75) is 40.2 Å². The Bertz CT molecular complexity index is 1310. The third-order valence-corrected chi connectivity index (χ3v) is 8.91. The van der Waals surface area contributed by atoms with E-state index in [1.807, 2.05) is 78.7 Å². The second-order valence-electron chi connectivity index (χ2n) is 11.8. The first-order chi connectivity index (χ1) is 18.6. The number of amides is 3. The van der Waals surface area contributed by atoms with Crippen molar-refractivity contribution < 1.29 is 14.3 Å². The van der Waals surface area contributed by atoms with E-state index >= 15 is 0 Å². The van der Waals surface area contributed by atoms with Gasteiger partial charge in [0.1, 0.15) is 11.5 Å². The lowest BCUT2D eigenvalue weighted by atomic mass is 10.0. The van der Waals surface area contributed by atoms with Crippen LogP contribution in [0.2, 0.25) is 0 Å². The molecule has 1 aliphatic heterocycles. The molecule has 0 bridgehead atoms. The molecule has 1 aliphatic carbocycles. The molecule has 1 atom stereocenters. The van der Waals surface area contributed by atoms with E-state index in [1.54, 1.807) is 12.1 Å². The summed E-state index contributed by atoms with van der Waals surface area (Å²) in [5, 5.41) is 5.74. The average molecular weight is 527 g/mol. The van der Waals surface area contributed by atoms with Gasteiger partial charge in [0, 0.05) is 43.1 Å². The van der Waals surface area contributed by atoms with Gasteiger partial charge in [-0.05, 0) is 77.9 Å². The standard InChI is InChI=1S/C32H38N4O3/c1-31(2)28(32(31,3)4)29(37)35(5)25-19-20-36(21-25)24-15-11-22(12-16-24)33-30(38)34-23-13-17-27(18-14-23)39-26-9-7-6-8-10-26/h6-18,25,28H,19-21H2,1-5H3,(H2,33,34,38). The minimum absolute atomic E-state index is 0.0476. The number of hydrogen-bond acceptors (Lipinski definition) is 4. The van der Waals surface area contributed by atoms with Crippen LogP contribution < -0.4 is 20.3 Å². The molecule has 1 saturated heterocycles. The minimum Gasteiger partial charge on any atom is -0.457 e. The van der Waals surface area contributed by atoms with Crippen molar-refractivity contribution in [1.82, 2.24) is 4.90 Å². The summed E-state index contributed by atoms with van der Waals surface area (Å²) < 4.78 is 5.80. The minimum atomic E-state index is -0.313. The fourth-order valence-corrected chi connectivity index (χ4v) is 5.77. The third kappa shape index (κ3) is 5.44. The number of benzene rings is 3. The van der Waals surface area contributed by atoms with Crippen molar-refractivity contribution in [2.75, 3.05) is 35.7 Å². The molecule has 1 saturated carbocycles. The maximum atomic E-state index is 13.2. The molecule has 2 fully saturated rings. The lowest BCUT2D eigenvalue weighted by Crippen LogP contribution is -2.40. The number of anilines is 3. The van der Waals surface area contributed by atoms with Gasteiger partial charge in [0.05, 0.1) is 6.04 Å². The highest BCUT2D eigenvalue weighted by atomic mass is 16.5. The van der Waals surface area contributed by atoms with Gasteiger partial charge in [-0.3, -0.25) is 4.79 Å². The van der Waals surface area contributed by atoms with Gasteiger partial charge in [-0.1, -0.05) is 45.9 Å². The molecule has 7 heteroatoms. The lowest BCUT2D eigenvalue weighted by Gasteiger charge is -2.26. The van der Waals surface area contributed by atoms with E-state index in [2.05, 4.69) is 43.2 Å². The molecule has 3 aromatic rings. The van der Waals surface area contributed by atoms with E-state index in [9.17, 15) is 9.59 Å². The molecule has 39 heavy (non-hydrogen) atoms. The number of hydrogen-bond donors (Lipinski definition) is 2. The number of carbonyl (C=O) groups is 2. The highest BCUT2D eigenvalue weighted by Gasteiger charge is 2.68. The first-order valence-electron chi connectivity index (χ1n) is 13.6. The second-order valence-corrected chi connectivity index (χ2v) is 11.8. The second kappa shape index (κ2) is 10.3. The molecule has 204 valence electrons. The molecule has 2 aliphatic rings. The molecule has 1 unspecified atom stereocenters. The van der Waals surface area contributed by atoms with Crippen LogP contribution in [0.4, 0.5) is 21.9 Å². The molecule has 3 amide bonds. The van der Waals surface area contributed by atoms with Gasteiger partial charge in [-0.15, -0.1) is 0 Å². The zero-order valence-electron chi connectivity index (χ0n) is 23.4. The molecule has 0 spiro atoms. The van der Waals surface area contributed by atoms with Crippen molar-refractivity contribution in [3.05, 3.63) is 78.9 Å². The summed E-state index contributed by atoms with van der Waals surface area (Å²) in [6.07, 6.45) is 0.952. The smallest absolute Gasteiger partial charge is 0.323 e. The number of nitrogens with one attached hydrogen (secondary N) is 2. The van der Waals surface area contributed by atoms with Crippen molar-refractivity contribution in [2.24, 2.45) is 16.7 Å². The molecule has 3 aromatic carbocycles. The SMILES string of the molecule is CN(C(=O)C1C(C)(C)C1(C)C)C1CCN(c2ccc(NC(=O)Nc3ccc(Oc4ccccc4)cc3)cc2)C1. The normalized spacial score (nSPS) is 19.3. The van der Waals surface area contributed by atoms with Crippen LogP contribution in [0.15, 0.2) is 78.9 Å². The zero-order chi connectivity index (χ0) is 27.8. The molecule has 1 heterocycles. The van der Waals surface area contributed by atoms with Crippen molar-refractivity contribution in [3.8, 4) is 11.5 Å². The van der Waals surface area contributed by atoms with Gasteiger partial charge in [0.15, 0.2) is 0 Å². The monoisotopic (exact) mass is 526 g/mol. The van der Waals surface area contributed by atoms with Gasteiger partial charge in [-0.2, -0.15) is 0 Å².